The molecule has 1 fully saturated rings. The number of carboxylic acid groups (broad SMARTS) is 1. The molecule has 3 atom stereocenters. The van der Waals surface area contributed by atoms with Gasteiger partial charge in [0.15, 0.2) is 0 Å². The summed E-state index contributed by atoms with van der Waals surface area (Å²) in [6, 6.07) is 0. The van der Waals surface area contributed by atoms with Crippen LogP contribution in [-0.2, 0) is 4.79 Å². The van der Waals surface area contributed by atoms with Gasteiger partial charge in [-0.2, -0.15) is 0 Å². The van der Waals surface area contributed by atoms with E-state index >= 15 is 0 Å². The van der Waals surface area contributed by atoms with Gasteiger partial charge in [-0.3, -0.25) is 0 Å². The van der Waals surface area contributed by atoms with Gasteiger partial charge in [0.2, 0.25) is 0 Å². The highest BCUT2D eigenvalue weighted by atomic mass is 16.4. The van der Waals surface area contributed by atoms with E-state index in [1.165, 1.54) is 12.8 Å². The highest BCUT2D eigenvalue weighted by Gasteiger charge is 2.28. The molecule has 0 radical (unpaired) electrons. The summed E-state index contributed by atoms with van der Waals surface area (Å²) in [6.45, 7) is 5.88. The Morgan fingerprint density at radius 1 is 1.38 bits per heavy atom. The molecule has 1 aliphatic carbocycles. The first kappa shape index (κ1) is 15.4. The van der Waals surface area contributed by atoms with Crippen LogP contribution in [0, 0.1) is 17.8 Å². The molecule has 0 bridgehead atoms. The van der Waals surface area contributed by atoms with Crippen molar-refractivity contribution in [2.45, 2.75) is 46.1 Å². The Balaban J connectivity index is 0.000000385. The molecule has 0 aromatic rings. The van der Waals surface area contributed by atoms with Gasteiger partial charge in [-0.15, -0.1) is 0 Å². The number of aliphatic hydroxyl groups is 2. The zero-order chi connectivity index (χ0) is 12.7. The summed E-state index contributed by atoms with van der Waals surface area (Å²) >= 11 is 0. The Kier molecular flexibility index (Phi) is 7.34. The lowest BCUT2D eigenvalue weighted by atomic mass is 9.75. The van der Waals surface area contributed by atoms with Crippen molar-refractivity contribution in [3.05, 3.63) is 0 Å². The number of aliphatic hydroxyl groups excluding tert-OH is 2. The molecule has 4 heteroatoms. The van der Waals surface area contributed by atoms with Gasteiger partial charge >= 0.3 is 5.97 Å². The first-order valence-corrected chi connectivity index (χ1v) is 5.89. The number of rotatable bonds is 2. The fraction of sp³-hybridized carbons (Fsp3) is 0.917. The molecule has 1 saturated carbocycles. The van der Waals surface area contributed by atoms with Crippen molar-refractivity contribution in [1.82, 2.24) is 0 Å². The minimum Gasteiger partial charge on any atom is -0.480 e. The second kappa shape index (κ2) is 7.63. The zero-order valence-electron chi connectivity index (χ0n) is 10.4. The van der Waals surface area contributed by atoms with Crippen LogP contribution in [0.5, 0.6) is 0 Å². The van der Waals surface area contributed by atoms with E-state index < -0.39 is 12.6 Å². The third-order valence-electron chi connectivity index (χ3n) is 3.12. The molecule has 16 heavy (non-hydrogen) atoms. The highest BCUT2D eigenvalue weighted by Crippen LogP contribution is 2.33. The van der Waals surface area contributed by atoms with Gasteiger partial charge in [-0.1, -0.05) is 27.2 Å². The van der Waals surface area contributed by atoms with E-state index in [0.29, 0.717) is 11.8 Å². The van der Waals surface area contributed by atoms with E-state index in [-0.39, 0.29) is 6.10 Å². The molecule has 3 unspecified atom stereocenters. The molecule has 96 valence electrons. The van der Waals surface area contributed by atoms with Crippen LogP contribution in [0.25, 0.3) is 0 Å². The molecule has 0 heterocycles. The fourth-order valence-corrected chi connectivity index (χ4v) is 2.15. The largest absolute Gasteiger partial charge is 0.480 e. The van der Waals surface area contributed by atoms with Gasteiger partial charge in [0, 0.05) is 0 Å². The maximum absolute atomic E-state index is 9.71. The standard InChI is InChI=1S/C10H20O.C2H4O3/c1-7(2)9-5-4-8(3)6-10(9)11;3-1-2(4)5/h7-11H,4-6H2,1-3H3;3H,1H2,(H,4,5). The van der Waals surface area contributed by atoms with E-state index in [4.69, 9.17) is 15.0 Å². The van der Waals surface area contributed by atoms with Gasteiger partial charge in [0.05, 0.1) is 6.10 Å². The Morgan fingerprint density at radius 3 is 2.19 bits per heavy atom. The molecule has 0 aliphatic heterocycles. The van der Waals surface area contributed by atoms with E-state index in [2.05, 4.69) is 20.8 Å². The maximum Gasteiger partial charge on any atom is 0.329 e. The normalized spacial score (nSPS) is 29.5. The van der Waals surface area contributed by atoms with Gasteiger partial charge in [-0.25, -0.2) is 4.79 Å². The van der Waals surface area contributed by atoms with E-state index in [1.54, 1.807) is 0 Å². The van der Waals surface area contributed by atoms with Gasteiger partial charge in [0.1, 0.15) is 6.61 Å². The second-order valence-electron chi connectivity index (χ2n) is 4.95. The third-order valence-corrected chi connectivity index (χ3v) is 3.12. The summed E-state index contributed by atoms with van der Waals surface area (Å²) < 4.78 is 0. The molecule has 0 saturated heterocycles. The van der Waals surface area contributed by atoms with Crippen LogP contribution in [0.15, 0.2) is 0 Å². The molecule has 0 aromatic carbocycles. The van der Waals surface area contributed by atoms with Crippen molar-refractivity contribution < 1.29 is 20.1 Å². The van der Waals surface area contributed by atoms with Crippen molar-refractivity contribution in [2.75, 3.05) is 6.61 Å². The molecule has 0 spiro atoms. The fourth-order valence-electron chi connectivity index (χ4n) is 2.15. The molecular weight excluding hydrogens is 208 g/mol. The minimum atomic E-state index is -1.19. The Morgan fingerprint density at radius 2 is 1.88 bits per heavy atom. The van der Waals surface area contributed by atoms with Crippen LogP contribution >= 0.6 is 0 Å². The van der Waals surface area contributed by atoms with E-state index in [9.17, 15) is 5.11 Å². The number of hydrogen-bond acceptors (Lipinski definition) is 3. The lowest BCUT2D eigenvalue weighted by Crippen LogP contribution is -2.31. The van der Waals surface area contributed by atoms with E-state index in [0.717, 1.165) is 12.3 Å². The highest BCUT2D eigenvalue weighted by molar-refractivity contribution is 5.67. The second-order valence-corrected chi connectivity index (χ2v) is 4.95. The molecule has 0 aromatic heterocycles. The summed E-state index contributed by atoms with van der Waals surface area (Å²) in [4.78, 5) is 9.12. The first-order chi connectivity index (χ1) is 7.38. The molecule has 1 aliphatic rings. The Bertz CT molecular complexity index is 203. The van der Waals surface area contributed by atoms with Crippen molar-refractivity contribution in [3.8, 4) is 0 Å². The molecular formula is C12H24O4. The van der Waals surface area contributed by atoms with Crippen LogP contribution in [-0.4, -0.2) is 34.0 Å². The van der Waals surface area contributed by atoms with Gasteiger partial charge < -0.3 is 15.3 Å². The maximum atomic E-state index is 9.71. The van der Waals surface area contributed by atoms with Crippen LogP contribution in [0.4, 0.5) is 0 Å². The summed E-state index contributed by atoms with van der Waals surface area (Å²) in [6.07, 6.45) is 3.52. The zero-order valence-corrected chi connectivity index (χ0v) is 10.4. The number of carbonyl (C=O) groups is 1. The van der Waals surface area contributed by atoms with Crippen molar-refractivity contribution in [2.24, 2.45) is 17.8 Å². The van der Waals surface area contributed by atoms with E-state index in [1.807, 2.05) is 0 Å². The van der Waals surface area contributed by atoms with Crippen LogP contribution < -0.4 is 0 Å². The Hall–Kier alpha value is -0.610. The Labute approximate surface area is 97.3 Å². The smallest absolute Gasteiger partial charge is 0.329 e. The lowest BCUT2D eigenvalue weighted by Gasteiger charge is -2.33. The predicted molar refractivity (Wildman–Crippen MR) is 62.1 cm³/mol. The number of carboxylic acids is 1. The van der Waals surface area contributed by atoms with Crippen molar-refractivity contribution in [3.63, 3.8) is 0 Å². The minimum absolute atomic E-state index is 0.0289. The van der Waals surface area contributed by atoms with Crippen LogP contribution in [0.2, 0.25) is 0 Å². The van der Waals surface area contributed by atoms with Gasteiger partial charge in [0.25, 0.3) is 0 Å². The lowest BCUT2D eigenvalue weighted by molar-refractivity contribution is -0.140. The number of hydrogen-bond donors (Lipinski definition) is 3. The quantitative estimate of drug-likeness (QED) is 0.674. The monoisotopic (exact) mass is 232 g/mol. The molecule has 0 amide bonds. The predicted octanol–water partition coefficient (Wildman–Crippen LogP) is 1.50. The summed E-state index contributed by atoms with van der Waals surface area (Å²) in [5.74, 6) is 0.758. The van der Waals surface area contributed by atoms with Crippen molar-refractivity contribution in [1.29, 1.82) is 0 Å². The molecule has 4 nitrogen and oxygen atoms in total. The number of aliphatic carboxylic acids is 1. The summed E-state index contributed by atoms with van der Waals surface area (Å²) in [5, 5.41) is 24.7. The summed E-state index contributed by atoms with van der Waals surface area (Å²) in [5.41, 5.74) is 0. The molecule has 1 rings (SSSR count). The van der Waals surface area contributed by atoms with Crippen molar-refractivity contribution >= 4 is 5.97 Å². The average Bonchev–Trinajstić information content (AvgIpc) is 2.17. The SMILES string of the molecule is CC1CCC(C(C)C)C(O)C1.O=C(O)CO. The molecule has 3 N–H and O–H groups in total. The average molecular weight is 232 g/mol. The topological polar surface area (TPSA) is 77.8 Å². The van der Waals surface area contributed by atoms with Crippen LogP contribution in [0.3, 0.4) is 0 Å². The summed E-state index contributed by atoms with van der Waals surface area (Å²) in [7, 11) is 0. The first-order valence-electron chi connectivity index (χ1n) is 5.89. The third kappa shape index (κ3) is 6.08. The van der Waals surface area contributed by atoms with Gasteiger partial charge in [-0.05, 0) is 30.6 Å². The van der Waals surface area contributed by atoms with Crippen LogP contribution in [0.1, 0.15) is 40.0 Å².